The minimum Gasteiger partial charge on any atom is -0.348 e. The quantitative estimate of drug-likeness (QED) is 0.575. The fourth-order valence-corrected chi connectivity index (χ4v) is 4.80. The van der Waals surface area contributed by atoms with Gasteiger partial charge in [-0.2, -0.15) is 0 Å². The minimum atomic E-state index is -0.496. The summed E-state index contributed by atoms with van der Waals surface area (Å²) in [6.07, 6.45) is 5.80. The van der Waals surface area contributed by atoms with Crippen molar-refractivity contribution in [3.63, 3.8) is 0 Å². The van der Waals surface area contributed by atoms with Crippen molar-refractivity contribution in [2.24, 2.45) is 5.41 Å². The Bertz CT molecular complexity index is 1090. The highest BCUT2D eigenvalue weighted by atomic mass is 16.2. The molecule has 0 radical (unpaired) electrons. The Labute approximate surface area is 196 Å². The molecule has 1 fully saturated rings. The highest BCUT2D eigenvalue weighted by molar-refractivity contribution is 5.84. The molecular weight excluding hydrogens is 410 g/mol. The summed E-state index contributed by atoms with van der Waals surface area (Å²) in [5.74, 6) is 0.243. The fourth-order valence-electron chi connectivity index (χ4n) is 4.80. The monoisotopic (exact) mass is 441 g/mol. The van der Waals surface area contributed by atoms with Crippen LogP contribution in [0.2, 0.25) is 0 Å². The van der Waals surface area contributed by atoms with Crippen LogP contribution in [-0.4, -0.2) is 53.8 Å². The van der Waals surface area contributed by atoms with Crippen LogP contribution in [0.1, 0.15) is 24.0 Å². The van der Waals surface area contributed by atoms with Crippen LogP contribution in [0, 0.1) is 5.41 Å². The van der Waals surface area contributed by atoms with Crippen molar-refractivity contribution in [3.8, 4) is 11.1 Å². The standard InChI is InChI=1S/C28H31N3O2/c1-30(2)27(33)28(20-22-8-6-12-25(18-22)24-10-4-3-5-11-24)13-16-31(17-14-28)26(32)19-23-9-7-15-29-21-23/h3-12,15,18,21H,13-14,16-17,19-20H2,1-2H3. The lowest BCUT2D eigenvalue weighted by atomic mass is 9.72. The van der Waals surface area contributed by atoms with Gasteiger partial charge in [0, 0.05) is 39.6 Å². The maximum Gasteiger partial charge on any atom is 0.228 e. The molecule has 5 heteroatoms. The van der Waals surface area contributed by atoms with Crippen LogP contribution < -0.4 is 0 Å². The number of hydrogen-bond acceptors (Lipinski definition) is 3. The number of nitrogens with zero attached hydrogens (tertiary/aromatic N) is 3. The van der Waals surface area contributed by atoms with Gasteiger partial charge in [0.2, 0.25) is 11.8 Å². The first-order valence-corrected chi connectivity index (χ1v) is 11.5. The van der Waals surface area contributed by atoms with Crippen LogP contribution in [0.3, 0.4) is 0 Å². The summed E-state index contributed by atoms with van der Waals surface area (Å²) >= 11 is 0. The van der Waals surface area contributed by atoms with E-state index >= 15 is 0 Å². The molecule has 0 saturated carbocycles. The van der Waals surface area contributed by atoms with Gasteiger partial charge in [0.1, 0.15) is 0 Å². The lowest BCUT2D eigenvalue weighted by Crippen LogP contribution is -2.51. The van der Waals surface area contributed by atoms with Crippen molar-refractivity contribution in [3.05, 3.63) is 90.3 Å². The van der Waals surface area contributed by atoms with Crippen molar-refractivity contribution in [2.75, 3.05) is 27.2 Å². The first-order chi connectivity index (χ1) is 16.0. The van der Waals surface area contributed by atoms with Gasteiger partial charge in [0.05, 0.1) is 11.8 Å². The lowest BCUT2D eigenvalue weighted by molar-refractivity contribution is -0.146. The van der Waals surface area contributed by atoms with Gasteiger partial charge in [-0.1, -0.05) is 60.7 Å². The van der Waals surface area contributed by atoms with Crippen molar-refractivity contribution < 1.29 is 9.59 Å². The third-order valence-electron chi connectivity index (χ3n) is 6.59. The van der Waals surface area contributed by atoms with Gasteiger partial charge in [-0.3, -0.25) is 14.6 Å². The Morgan fingerprint density at radius 3 is 2.27 bits per heavy atom. The Balaban J connectivity index is 1.50. The van der Waals surface area contributed by atoms with Gasteiger partial charge in [-0.05, 0) is 47.6 Å². The van der Waals surface area contributed by atoms with E-state index in [2.05, 4.69) is 41.4 Å². The molecule has 0 unspecified atom stereocenters. The molecule has 1 saturated heterocycles. The number of benzene rings is 2. The summed E-state index contributed by atoms with van der Waals surface area (Å²) in [5, 5.41) is 0. The molecule has 33 heavy (non-hydrogen) atoms. The zero-order chi connectivity index (χ0) is 23.3. The van der Waals surface area contributed by atoms with E-state index in [4.69, 9.17) is 0 Å². The number of carbonyl (C=O) groups excluding carboxylic acids is 2. The van der Waals surface area contributed by atoms with Crippen LogP contribution >= 0.6 is 0 Å². The predicted octanol–water partition coefficient (Wildman–Crippen LogP) is 4.23. The van der Waals surface area contributed by atoms with E-state index in [9.17, 15) is 9.59 Å². The number of hydrogen-bond donors (Lipinski definition) is 0. The van der Waals surface area contributed by atoms with E-state index in [0.717, 1.165) is 16.7 Å². The molecule has 1 aliphatic heterocycles. The summed E-state index contributed by atoms with van der Waals surface area (Å²) in [4.78, 5) is 33.9. The Morgan fingerprint density at radius 2 is 1.61 bits per heavy atom. The normalized spacial score (nSPS) is 15.2. The SMILES string of the molecule is CN(C)C(=O)C1(Cc2cccc(-c3ccccc3)c2)CCN(C(=O)Cc2cccnc2)CC1. The second-order valence-electron chi connectivity index (χ2n) is 9.14. The van der Waals surface area contributed by atoms with Crippen molar-refractivity contribution >= 4 is 11.8 Å². The summed E-state index contributed by atoms with van der Waals surface area (Å²) < 4.78 is 0. The number of piperidine rings is 1. The third-order valence-corrected chi connectivity index (χ3v) is 6.59. The molecule has 2 aromatic carbocycles. The molecular formula is C28H31N3O2. The van der Waals surface area contributed by atoms with Crippen LogP contribution in [0.15, 0.2) is 79.1 Å². The number of carbonyl (C=O) groups is 2. The summed E-state index contributed by atoms with van der Waals surface area (Å²) in [5.41, 5.74) is 3.90. The van der Waals surface area contributed by atoms with Crippen LogP contribution in [0.5, 0.6) is 0 Å². The van der Waals surface area contributed by atoms with Gasteiger partial charge < -0.3 is 9.80 Å². The van der Waals surface area contributed by atoms with E-state index < -0.39 is 5.41 Å². The molecule has 0 atom stereocenters. The zero-order valence-corrected chi connectivity index (χ0v) is 19.4. The van der Waals surface area contributed by atoms with Crippen molar-refractivity contribution in [2.45, 2.75) is 25.7 Å². The maximum atomic E-state index is 13.4. The van der Waals surface area contributed by atoms with E-state index in [1.807, 2.05) is 49.3 Å². The molecule has 170 valence electrons. The fraction of sp³-hybridized carbons (Fsp3) is 0.321. The summed E-state index contributed by atoms with van der Waals surface area (Å²) in [6, 6.07) is 22.6. The first kappa shape index (κ1) is 22.7. The van der Waals surface area contributed by atoms with Crippen LogP contribution in [-0.2, 0) is 22.4 Å². The first-order valence-electron chi connectivity index (χ1n) is 11.5. The van der Waals surface area contributed by atoms with E-state index in [-0.39, 0.29) is 11.8 Å². The van der Waals surface area contributed by atoms with Crippen LogP contribution in [0.4, 0.5) is 0 Å². The van der Waals surface area contributed by atoms with E-state index in [0.29, 0.717) is 38.8 Å². The largest absolute Gasteiger partial charge is 0.348 e. The van der Waals surface area contributed by atoms with E-state index in [1.54, 1.807) is 17.3 Å². The molecule has 0 aliphatic carbocycles. The Kier molecular flexibility index (Phi) is 6.87. The van der Waals surface area contributed by atoms with E-state index in [1.165, 1.54) is 5.56 Å². The Hall–Kier alpha value is -3.47. The molecule has 4 rings (SSSR count). The van der Waals surface area contributed by atoms with Gasteiger partial charge in [-0.15, -0.1) is 0 Å². The van der Waals surface area contributed by atoms with Crippen molar-refractivity contribution in [1.82, 2.24) is 14.8 Å². The molecule has 0 bridgehead atoms. The number of likely N-dealkylation sites (tertiary alicyclic amines) is 1. The molecule has 0 N–H and O–H groups in total. The van der Waals surface area contributed by atoms with Gasteiger partial charge >= 0.3 is 0 Å². The Morgan fingerprint density at radius 1 is 0.909 bits per heavy atom. The minimum absolute atomic E-state index is 0.0972. The smallest absolute Gasteiger partial charge is 0.228 e. The van der Waals surface area contributed by atoms with Crippen molar-refractivity contribution in [1.29, 1.82) is 0 Å². The number of aromatic nitrogens is 1. The molecule has 2 amide bonds. The molecule has 2 heterocycles. The number of amides is 2. The van der Waals surface area contributed by atoms with Gasteiger partial charge in [-0.25, -0.2) is 0 Å². The highest BCUT2D eigenvalue weighted by Gasteiger charge is 2.43. The predicted molar refractivity (Wildman–Crippen MR) is 130 cm³/mol. The molecule has 0 spiro atoms. The average molecular weight is 442 g/mol. The highest BCUT2D eigenvalue weighted by Crippen LogP contribution is 2.38. The lowest BCUT2D eigenvalue weighted by Gasteiger charge is -2.42. The molecule has 5 nitrogen and oxygen atoms in total. The number of rotatable bonds is 6. The molecule has 1 aromatic heterocycles. The zero-order valence-electron chi connectivity index (χ0n) is 19.4. The van der Waals surface area contributed by atoms with Gasteiger partial charge in [0.25, 0.3) is 0 Å². The van der Waals surface area contributed by atoms with Gasteiger partial charge in [0.15, 0.2) is 0 Å². The van der Waals surface area contributed by atoms with Crippen LogP contribution in [0.25, 0.3) is 11.1 Å². The summed E-state index contributed by atoms with van der Waals surface area (Å²) in [7, 11) is 3.65. The maximum absolute atomic E-state index is 13.4. The summed E-state index contributed by atoms with van der Waals surface area (Å²) in [6.45, 7) is 1.19. The second-order valence-corrected chi connectivity index (χ2v) is 9.14. The third kappa shape index (κ3) is 5.30. The molecule has 1 aliphatic rings. The molecule has 3 aromatic rings. The topological polar surface area (TPSA) is 53.5 Å². The number of pyridine rings is 1. The second kappa shape index (κ2) is 9.99. The average Bonchev–Trinajstić information content (AvgIpc) is 2.85.